The van der Waals surface area contributed by atoms with Crippen molar-refractivity contribution in [2.45, 2.75) is 44.4 Å². The topological polar surface area (TPSA) is 72.6 Å². The summed E-state index contributed by atoms with van der Waals surface area (Å²) in [4.78, 5) is 29.9. The molecule has 4 rings (SSSR count). The fraction of sp³-hybridized carbons (Fsp3) is 0.333. The van der Waals surface area contributed by atoms with Crippen LogP contribution in [0.4, 0.5) is 5.69 Å². The van der Waals surface area contributed by atoms with Crippen molar-refractivity contribution in [2.75, 3.05) is 17.8 Å². The number of Topliss-reactive ketones (excluding diaryl/α,β-unsaturated/α-hetero) is 1. The molecule has 0 aromatic heterocycles. The van der Waals surface area contributed by atoms with E-state index in [1.54, 1.807) is 30.8 Å². The third-order valence-electron chi connectivity index (χ3n) is 6.29. The number of allylic oxidation sites excluding steroid dienone is 2. The standard InChI is InChI=1S/C27H29ClN2O3S/c1-5-33-26(32)24-22(16-6-12-19(34-4)13-7-16)23-20(14-27(2,3)15-21(23)31)30(25(24)29)18-10-8-17(28)9-11-18/h6-13,22H,5,14-15,29H2,1-4H3/t22-/m0/s1. The number of carbonyl (C=O) groups is 2. The van der Waals surface area contributed by atoms with Crippen molar-refractivity contribution in [2.24, 2.45) is 11.1 Å². The van der Waals surface area contributed by atoms with Crippen molar-refractivity contribution in [3.05, 3.63) is 81.8 Å². The van der Waals surface area contributed by atoms with Crippen molar-refractivity contribution < 1.29 is 14.3 Å². The summed E-state index contributed by atoms with van der Waals surface area (Å²) >= 11 is 7.77. The second kappa shape index (κ2) is 9.51. The van der Waals surface area contributed by atoms with Gasteiger partial charge in [0.05, 0.1) is 18.1 Å². The summed E-state index contributed by atoms with van der Waals surface area (Å²) in [6.45, 7) is 6.13. The van der Waals surface area contributed by atoms with Gasteiger partial charge in [-0.2, -0.15) is 0 Å². The maximum Gasteiger partial charge on any atom is 0.338 e. The lowest BCUT2D eigenvalue weighted by Gasteiger charge is -2.44. The van der Waals surface area contributed by atoms with Crippen LogP contribution in [0.3, 0.4) is 0 Å². The molecule has 0 bridgehead atoms. The molecule has 0 radical (unpaired) electrons. The first-order valence-electron chi connectivity index (χ1n) is 11.3. The summed E-state index contributed by atoms with van der Waals surface area (Å²) < 4.78 is 5.45. The Morgan fingerprint density at radius 3 is 2.38 bits per heavy atom. The number of benzene rings is 2. The van der Waals surface area contributed by atoms with E-state index in [1.165, 1.54) is 0 Å². The molecule has 1 aliphatic heterocycles. The zero-order valence-electron chi connectivity index (χ0n) is 19.9. The van der Waals surface area contributed by atoms with E-state index in [1.807, 2.05) is 47.6 Å². The Morgan fingerprint density at radius 2 is 1.79 bits per heavy atom. The van der Waals surface area contributed by atoms with Crippen molar-refractivity contribution in [1.29, 1.82) is 0 Å². The molecule has 0 fully saturated rings. The third-order valence-corrected chi connectivity index (χ3v) is 7.29. The fourth-order valence-electron chi connectivity index (χ4n) is 4.83. The fourth-order valence-corrected chi connectivity index (χ4v) is 5.37. The predicted molar refractivity (Wildman–Crippen MR) is 138 cm³/mol. The molecule has 34 heavy (non-hydrogen) atoms. The lowest BCUT2D eigenvalue weighted by molar-refractivity contribution is -0.138. The number of thioether (sulfide) groups is 1. The molecule has 1 atom stereocenters. The summed E-state index contributed by atoms with van der Waals surface area (Å²) in [5.41, 5.74) is 9.86. The smallest absolute Gasteiger partial charge is 0.338 e. The van der Waals surface area contributed by atoms with Gasteiger partial charge in [0.25, 0.3) is 0 Å². The Balaban J connectivity index is 2.00. The van der Waals surface area contributed by atoms with Crippen LogP contribution in [-0.4, -0.2) is 24.6 Å². The second-order valence-corrected chi connectivity index (χ2v) is 10.7. The third kappa shape index (κ3) is 4.49. The number of halogens is 1. The Morgan fingerprint density at radius 1 is 1.15 bits per heavy atom. The first-order chi connectivity index (χ1) is 16.2. The lowest BCUT2D eigenvalue weighted by atomic mass is 9.68. The minimum absolute atomic E-state index is 0.0263. The van der Waals surface area contributed by atoms with Crippen LogP contribution < -0.4 is 10.6 Å². The van der Waals surface area contributed by atoms with Gasteiger partial charge >= 0.3 is 5.97 Å². The molecule has 178 valence electrons. The molecule has 0 saturated heterocycles. The van der Waals surface area contributed by atoms with Crippen LogP contribution in [0.15, 0.2) is 76.1 Å². The first kappa shape index (κ1) is 24.4. The van der Waals surface area contributed by atoms with Crippen molar-refractivity contribution in [3.8, 4) is 0 Å². The Kier molecular flexibility index (Phi) is 6.83. The number of carbonyl (C=O) groups excluding carboxylic acids is 2. The van der Waals surface area contributed by atoms with E-state index in [-0.39, 0.29) is 23.6 Å². The Labute approximate surface area is 210 Å². The Bertz CT molecular complexity index is 1180. The monoisotopic (exact) mass is 496 g/mol. The van der Waals surface area contributed by atoms with E-state index in [2.05, 4.69) is 13.8 Å². The van der Waals surface area contributed by atoms with Gasteiger partial charge in [-0.3, -0.25) is 9.69 Å². The van der Waals surface area contributed by atoms with Crippen molar-refractivity contribution in [1.82, 2.24) is 0 Å². The summed E-state index contributed by atoms with van der Waals surface area (Å²) in [5.74, 6) is -0.790. The molecule has 7 heteroatoms. The number of ether oxygens (including phenoxy) is 1. The van der Waals surface area contributed by atoms with E-state index in [0.29, 0.717) is 29.0 Å². The molecule has 5 nitrogen and oxygen atoms in total. The molecule has 0 unspecified atom stereocenters. The van der Waals surface area contributed by atoms with Crippen LogP contribution in [0.5, 0.6) is 0 Å². The van der Waals surface area contributed by atoms with E-state index >= 15 is 0 Å². The zero-order chi connectivity index (χ0) is 24.6. The summed E-state index contributed by atoms with van der Waals surface area (Å²) in [6, 6.07) is 15.2. The quantitative estimate of drug-likeness (QED) is 0.401. The summed E-state index contributed by atoms with van der Waals surface area (Å²) in [7, 11) is 0. The summed E-state index contributed by atoms with van der Waals surface area (Å²) in [6.07, 6.45) is 3.05. The number of nitrogens with two attached hydrogens (primary N) is 1. The van der Waals surface area contributed by atoms with Crippen molar-refractivity contribution >= 4 is 40.8 Å². The molecule has 2 aromatic carbocycles. The van der Waals surface area contributed by atoms with Crippen LogP contribution in [0.25, 0.3) is 0 Å². The highest BCUT2D eigenvalue weighted by atomic mass is 35.5. The van der Waals surface area contributed by atoms with Gasteiger partial charge in [0, 0.05) is 33.3 Å². The Hall–Kier alpha value is -2.70. The minimum atomic E-state index is -0.586. The van der Waals surface area contributed by atoms with Crippen LogP contribution in [0.2, 0.25) is 5.02 Å². The number of nitrogens with zero attached hydrogens (tertiary/aromatic N) is 1. The zero-order valence-corrected chi connectivity index (χ0v) is 21.4. The molecule has 0 spiro atoms. The van der Waals surface area contributed by atoms with Crippen LogP contribution in [-0.2, 0) is 14.3 Å². The predicted octanol–water partition coefficient (Wildman–Crippen LogP) is 6.04. The van der Waals surface area contributed by atoms with Gasteiger partial charge < -0.3 is 10.5 Å². The second-order valence-electron chi connectivity index (χ2n) is 9.34. The molecular weight excluding hydrogens is 468 g/mol. The average Bonchev–Trinajstić information content (AvgIpc) is 2.78. The number of hydrogen-bond acceptors (Lipinski definition) is 6. The molecule has 0 amide bonds. The minimum Gasteiger partial charge on any atom is -0.463 e. The number of rotatable bonds is 5. The van der Waals surface area contributed by atoms with E-state index in [0.717, 1.165) is 21.8 Å². The van der Waals surface area contributed by atoms with Gasteiger partial charge in [0.2, 0.25) is 0 Å². The molecule has 2 N–H and O–H groups in total. The highest BCUT2D eigenvalue weighted by molar-refractivity contribution is 7.98. The number of ketones is 1. The molecular formula is C27H29ClN2O3S. The van der Waals surface area contributed by atoms with Crippen LogP contribution in [0.1, 0.15) is 45.1 Å². The van der Waals surface area contributed by atoms with Gasteiger partial charge in [-0.1, -0.05) is 37.6 Å². The van der Waals surface area contributed by atoms with Gasteiger partial charge in [-0.25, -0.2) is 4.79 Å². The van der Waals surface area contributed by atoms with E-state index in [4.69, 9.17) is 22.1 Å². The summed E-state index contributed by atoms with van der Waals surface area (Å²) in [5, 5.41) is 0.593. The number of esters is 1. The molecule has 1 aliphatic carbocycles. The maximum absolute atomic E-state index is 13.7. The average molecular weight is 497 g/mol. The van der Waals surface area contributed by atoms with Gasteiger partial charge in [0.15, 0.2) is 5.78 Å². The van der Waals surface area contributed by atoms with Gasteiger partial charge in [-0.15, -0.1) is 11.8 Å². The highest BCUT2D eigenvalue weighted by Crippen LogP contribution is 2.50. The SMILES string of the molecule is CCOC(=O)C1=C(N)N(c2ccc(Cl)cc2)C2=C(C(=O)CC(C)(C)C2)[C@@H]1c1ccc(SC)cc1. The molecule has 2 aliphatic rings. The molecule has 0 saturated carbocycles. The van der Waals surface area contributed by atoms with Crippen LogP contribution in [0, 0.1) is 5.41 Å². The van der Waals surface area contributed by atoms with E-state index in [9.17, 15) is 9.59 Å². The normalized spacial score (nSPS) is 19.9. The number of hydrogen-bond donors (Lipinski definition) is 1. The number of anilines is 1. The van der Waals surface area contributed by atoms with Crippen molar-refractivity contribution in [3.63, 3.8) is 0 Å². The lowest BCUT2D eigenvalue weighted by Crippen LogP contribution is -2.43. The maximum atomic E-state index is 13.7. The van der Waals surface area contributed by atoms with E-state index < -0.39 is 11.9 Å². The van der Waals surface area contributed by atoms with Crippen LogP contribution >= 0.6 is 23.4 Å². The largest absolute Gasteiger partial charge is 0.463 e. The molecule has 1 heterocycles. The molecule has 2 aromatic rings. The highest BCUT2D eigenvalue weighted by Gasteiger charge is 2.46. The van der Waals surface area contributed by atoms with Gasteiger partial charge in [-0.05, 0) is 67.0 Å². The van der Waals surface area contributed by atoms with Gasteiger partial charge in [0.1, 0.15) is 5.82 Å². The first-order valence-corrected chi connectivity index (χ1v) is 12.9.